The van der Waals surface area contributed by atoms with Gasteiger partial charge < -0.3 is 4.74 Å². The van der Waals surface area contributed by atoms with Crippen molar-refractivity contribution in [2.45, 2.75) is 33.3 Å². The zero-order chi connectivity index (χ0) is 11.8. The zero-order valence-electron chi connectivity index (χ0n) is 9.24. The molecule has 0 aromatic carbocycles. The fourth-order valence-electron chi connectivity index (χ4n) is 0.546. The first-order valence-corrected chi connectivity index (χ1v) is 4.76. The number of hydrogen-bond acceptors (Lipinski definition) is 5. The van der Waals surface area contributed by atoms with Crippen LogP contribution in [-0.4, -0.2) is 24.6 Å². The van der Waals surface area contributed by atoms with Crippen LogP contribution in [0.25, 0.3) is 0 Å². The molecule has 0 aliphatic rings. The van der Waals surface area contributed by atoms with E-state index in [1.54, 1.807) is 13.8 Å². The molecule has 0 aromatic rings. The van der Waals surface area contributed by atoms with E-state index in [4.69, 9.17) is 0 Å². The van der Waals surface area contributed by atoms with Crippen molar-refractivity contribution in [1.29, 1.82) is 0 Å². The first kappa shape index (κ1) is 13.6. The Kier molecular flexibility index (Phi) is 6.37. The number of ether oxygens (including phenoxy) is 1. The SMILES string of the molecule is C=C(C(=O)OCC)C(=O)OOC(C)CC. The van der Waals surface area contributed by atoms with E-state index in [1.165, 1.54) is 0 Å². The van der Waals surface area contributed by atoms with Gasteiger partial charge in [0.15, 0.2) is 0 Å². The predicted octanol–water partition coefficient (Wildman–Crippen LogP) is 1.38. The van der Waals surface area contributed by atoms with Crippen LogP contribution in [0.2, 0.25) is 0 Å². The quantitative estimate of drug-likeness (QED) is 0.168. The van der Waals surface area contributed by atoms with E-state index < -0.39 is 11.9 Å². The first-order chi connectivity index (χ1) is 7.02. The van der Waals surface area contributed by atoms with E-state index in [9.17, 15) is 9.59 Å². The minimum atomic E-state index is -0.922. The molecule has 0 aromatic heterocycles. The Labute approximate surface area is 88.9 Å². The van der Waals surface area contributed by atoms with Gasteiger partial charge in [-0.1, -0.05) is 13.5 Å². The van der Waals surface area contributed by atoms with Crippen molar-refractivity contribution < 1.29 is 24.1 Å². The van der Waals surface area contributed by atoms with Gasteiger partial charge in [0.05, 0.1) is 6.61 Å². The van der Waals surface area contributed by atoms with Crippen molar-refractivity contribution in [1.82, 2.24) is 0 Å². The van der Waals surface area contributed by atoms with Crippen LogP contribution in [-0.2, 0) is 24.1 Å². The molecule has 0 amide bonds. The summed E-state index contributed by atoms with van der Waals surface area (Å²) in [4.78, 5) is 31.2. The molecule has 0 aliphatic heterocycles. The van der Waals surface area contributed by atoms with Crippen LogP contribution in [0.15, 0.2) is 12.2 Å². The standard InChI is InChI=1S/C10H16O5/c1-5-7(3)14-15-10(12)8(4)9(11)13-6-2/h7H,4-6H2,1-3H3. The van der Waals surface area contributed by atoms with Crippen LogP contribution in [0.5, 0.6) is 0 Å². The van der Waals surface area contributed by atoms with Gasteiger partial charge in [-0.3, -0.25) is 4.89 Å². The van der Waals surface area contributed by atoms with Gasteiger partial charge in [0.1, 0.15) is 11.7 Å². The molecule has 0 heterocycles. The summed E-state index contributed by atoms with van der Waals surface area (Å²) in [6, 6.07) is 0. The Balaban J connectivity index is 4.00. The van der Waals surface area contributed by atoms with Crippen molar-refractivity contribution >= 4 is 11.9 Å². The summed E-state index contributed by atoms with van der Waals surface area (Å²) >= 11 is 0. The summed E-state index contributed by atoms with van der Waals surface area (Å²) in [5, 5.41) is 0. The third-order valence-corrected chi connectivity index (χ3v) is 1.63. The molecule has 1 unspecified atom stereocenters. The molecule has 5 heteroatoms. The van der Waals surface area contributed by atoms with Gasteiger partial charge >= 0.3 is 11.9 Å². The second kappa shape index (κ2) is 7.00. The number of hydrogen-bond donors (Lipinski definition) is 0. The highest BCUT2D eigenvalue weighted by Gasteiger charge is 2.20. The highest BCUT2D eigenvalue weighted by Crippen LogP contribution is 2.02. The number of carbonyl (C=O) groups excluding carboxylic acids is 2. The zero-order valence-corrected chi connectivity index (χ0v) is 9.24. The maximum absolute atomic E-state index is 11.1. The maximum atomic E-state index is 11.1. The van der Waals surface area contributed by atoms with E-state index in [-0.39, 0.29) is 18.3 Å². The molecule has 0 saturated heterocycles. The van der Waals surface area contributed by atoms with Gasteiger partial charge in [0.2, 0.25) is 0 Å². The molecular weight excluding hydrogens is 200 g/mol. The summed E-state index contributed by atoms with van der Waals surface area (Å²) in [7, 11) is 0. The van der Waals surface area contributed by atoms with Crippen LogP contribution in [0, 0.1) is 0 Å². The van der Waals surface area contributed by atoms with Crippen molar-refractivity contribution in [3.05, 3.63) is 12.2 Å². The average Bonchev–Trinajstić information content (AvgIpc) is 2.24. The molecule has 0 aliphatic carbocycles. The van der Waals surface area contributed by atoms with Crippen LogP contribution in [0.3, 0.4) is 0 Å². The highest BCUT2D eigenvalue weighted by atomic mass is 17.2. The molecule has 0 fully saturated rings. The molecule has 0 saturated carbocycles. The lowest BCUT2D eigenvalue weighted by Crippen LogP contribution is -2.19. The van der Waals surface area contributed by atoms with Crippen molar-refractivity contribution in [2.24, 2.45) is 0 Å². The van der Waals surface area contributed by atoms with Crippen LogP contribution >= 0.6 is 0 Å². The normalized spacial score (nSPS) is 11.7. The summed E-state index contributed by atoms with van der Waals surface area (Å²) in [5.41, 5.74) is -0.375. The summed E-state index contributed by atoms with van der Waals surface area (Å²) in [6.45, 7) is 8.67. The lowest BCUT2D eigenvalue weighted by Gasteiger charge is -2.09. The number of rotatable bonds is 6. The lowest BCUT2D eigenvalue weighted by molar-refractivity contribution is -0.291. The lowest BCUT2D eigenvalue weighted by atomic mass is 10.3. The fourth-order valence-corrected chi connectivity index (χ4v) is 0.546. The summed E-state index contributed by atoms with van der Waals surface area (Å²) < 4.78 is 4.56. The Morgan fingerprint density at radius 2 is 1.87 bits per heavy atom. The van der Waals surface area contributed by atoms with Crippen molar-refractivity contribution in [2.75, 3.05) is 6.61 Å². The molecule has 15 heavy (non-hydrogen) atoms. The van der Waals surface area contributed by atoms with Crippen molar-refractivity contribution in [3.8, 4) is 0 Å². The van der Waals surface area contributed by atoms with Gasteiger partial charge in [0, 0.05) is 0 Å². The molecule has 1 atom stereocenters. The van der Waals surface area contributed by atoms with E-state index in [2.05, 4.69) is 21.1 Å². The fraction of sp³-hybridized carbons (Fsp3) is 0.600. The largest absolute Gasteiger partial charge is 0.462 e. The predicted molar refractivity (Wildman–Crippen MR) is 52.7 cm³/mol. The molecule has 0 radical (unpaired) electrons. The van der Waals surface area contributed by atoms with Crippen LogP contribution in [0.1, 0.15) is 27.2 Å². The third-order valence-electron chi connectivity index (χ3n) is 1.63. The average molecular weight is 216 g/mol. The molecular formula is C10H16O5. The van der Waals surface area contributed by atoms with E-state index in [1.807, 2.05) is 6.92 Å². The first-order valence-electron chi connectivity index (χ1n) is 4.76. The maximum Gasteiger partial charge on any atom is 0.379 e. The van der Waals surface area contributed by atoms with Gasteiger partial charge in [0.25, 0.3) is 0 Å². The third kappa shape index (κ3) is 5.17. The van der Waals surface area contributed by atoms with Gasteiger partial charge in [-0.25, -0.2) is 9.59 Å². The monoisotopic (exact) mass is 216 g/mol. The van der Waals surface area contributed by atoms with E-state index in [0.29, 0.717) is 6.42 Å². The molecule has 0 bridgehead atoms. The van der Waals surface area contributed by atoms with Gasteiger partial charge in [-0.15, -0.1) is 0 Å². The van der Waals surface area contributed by atoms with Crippen molar-refractivity contribution in [3.63, 3.8) is 0 Å². The van der Waals surface area contributed by atoms with Crippen LogP contribution < -0.4 is 0 Å². The van der Waals surface area contributed by atoms with Gasteiger partial charge in [-0.05, 0) is 20.3 Å². The number of carbonyl (C=O) groups is 2. The Hall–Kier alpha value is -1.36. The molecule has 86 valence electrons. The molecule has 0 N–H and O–H groups in total. The minimum absolute atomic E-state index is 0.178. The van der Waals surface area contributed by atoms with E-state index >= 15 is 0 Å². The molecule has 0 spiro atoms. The number of esters is 1. The smallest absolute Gasteiger partial charge is 0.379 e. The minimum Gasteiger partial charge on any atom is -0.462 e. The van der Waals surface area contributed by atoms with Crippen LogP contribution in [0.4, 0.5) is 0 Å². The Morgan fingerprint density at radius 1 is 1.27 bits per heavy atom. The topological polar surface area (TPSA) is 61.8 Å². The Morgan fingerprint density at radius 3 is 2.33 bits per heavy atom. The van der Waals surface area contributed by atoms with E-state index in [0.717, 1.165) is 0 Å². The highest BCUT2D eigenvalue weighted by molar-refractivity contribution is 6.13. The molecule has 0 rings (SSSR count). The molecule has 5 nitrogen and oxygen atoms in total. The summed E-state index contributed by atoms with van der Waals surface area (Å²) in [5.74, 6) is -1.72. The second-order valence-corrected chi connectivity index (χ2v) is 2.88. The van der Waals surface area contributed by atoms with Gasteiger partial charge in [-0.2, -0.15) is 4.89 Å². The summed E-state index contributed by atoms with van der Waals surface area (Å²) in [6.07, 6.45) is 0.475. The Bertz CT molecular complexity index is 246. The second-order valence-electron chi connectivity index (χ2n) is 2.88.